The fourth-order valence-electron chi connectivity index (χ4n) is 2.69. The Morgan fingerprint density at radius 2 is 1.91 bits per heavy atom. The molecule has 3 rings (SSSR count). The van der Waals surface area contributed by atoms with E-state index < -0.39 is 5.97 Å². The highest BCUT2D eigenvalue weighted by atomic mass is 16.4. The fourth-order valence-corrected chi connectivity index (χ4v) is 2.69. The number of anilines is 1. The molecule has 3 aromatic rings. The first-order chi connectivity index (χ1) is 10.9. The topological polar surface area (TPSA) is 88.5 Å². The molecule has 0 aliphatic rings. The van der Waals surface area contributed by atoms with E-state index in [4.69, 9.17) is 10.8 Å². The van der Waals surface area contributed by atoms with Crippen molar-refractivity contribution in [2.24, 2.45) is 0 Å². The molecule has 23 heavy (non-hydrogen) atoms. The Morgan fingerprint density at radius 3 is 2.52 bits per heavy atom. The van der Waals surface area contributed by atoms with Gasteiger partial charge in [-0.25, -0.2) is 4.79 Å². The molecule has 2 aromatic carbocycles. The van der Waals surface area contributed by atoms with Gasteiger partial charge >= 0.3 is 5.97 Å². The van der Waals surface area contributed by atoms with Crippen molar-refractivity contribution in [2.45, 2.75) is 19.8 Å². The molecule has 5 heteroatoms. The zero-order chi connectivity index (χ0) is 16.7. The number of nitrogen functional groups attached to an aromatic ring is 1. The van der Waals surface area contributed by atoms with Crippen LogP contribution in [0.5, 0.6) is 5.75 Å². The first-order valence-electron chi connectivity index (χ1n) is 7.35. The predicted octanol–water partition coefficient (Wildman–Crippen LogP) is 3.74. The second kappa shape index (κ2) is 5.35. The predicted molar refractivity (Wildman–Crippen MR) is 90.4 cm³/mol. The number of nitrogens with zero attached hydrogens (tertiary/aromatic N) is 1. The van der Waals surface area contributed by atoms with Gasteiger partial charge in [-0.05, 0) is 29.7 Å². The lowest BCUT2D eigenvalue weighted by Crippen LogP contribution is -1.99. The lowest BCUT2D eigenvalue weighted by Gasteiger charge is -2.10. The number of phenols is 1. The van der Waals surface area contributed by atoms with Crippen molar-refractivity contribution in [3.05, 3.63) is 53.7 Å². The Labute approximate surface area is 133 Å². The molecule has 0 bridgehead atoms. The van der Waals surface area contributed by atoms with E-state index in [1.807, 2.05) is 10.6 Å². The molecule has 4 N–H and O–H groups in total. The molecule has 0 amide bonds. The molecule has 0 radical (unpaired) electrons. The molecular formula is C18H18N2O3. The van der Waals surface area contributed by atoms with Crippen molar-refractivity contribution in [2.75, 3.05) is 5.73 Å². The minimum Gasteiger partial charge on any atom is -0.507 e. The number of hydrogen-bond donors (Lipinski definition) is 3. The number of aromatic hydroxyl groups is 1. The minimum absolute atomic E-state index is 0.124. The zero-order valence-corrected chi connectivity index (χ0v) is 12.9. The molecule has 1 heterocycles. The number of hydrogen-bond acceptors (Lipinski definition) is 3. The van der Waals surface area contributed by atoms with E-state index in [2.05, 4.69) is 26.0 Å². The molecule has 5 nitrogen and oxygen atoms in total. The van der Waals surface area contributed by atoms with Gasteiger partial charge in [0.1, 0.15) is 11.3 Å². The van der Waals surface area contributed by atoms with Crippen LogP contribution in [0.1, 0.15) is 35.7 Å². The first-order valence-corrected chi connectivity index (χ1v) is 7.35. The van der Waals surface area contributed by atoms with Gasteiger partial charge in [0.25, 0.3) is 0 Å². The monoisotopic (exact) mass is 310 g/mol. The molecular weight excluding hydrogens is 292 g/mol. The summed E-state index contributed by atoms with van der Waals surface area (Å²) in [6.45, 7) is 4.23. The molecule has 0 aliphatic carbocycles. The van der Waals surface area contributed by atoms with E-state index in [1.165, 1.54) is 17.7 Å². The largest absolute Gasteiger partial charge is 0.507 e. The number of aromatic carboxylic acids is 1. The summed E-state index contributed by atoms with van der Waals surface area (Å²) in [6, 6.07) is 10.6. The number of carbonyl (C=O) groups is 1. The van der Waals surface area contributed by atoms with Crippen LogP contribution in [-0.4, -0.2) is 20.7 Å². The highest BCUT2D eigenvalue weighted by Crippen LogP contribution is 2.31. The average molecular weight is 310 g/mol. The Kier molecular flexibility index (Phi) is 3.48. The number of nitrogens with two attached hydrogens (primary N) is 1. The molecule has 0 fully saturated rings. The molecule has 0 atom stereocenters. The maximum atomic E-state index is 11.0. The summed E-state index contributed by atoms with van der Waals surface area (Å²) in [5, 5.41) is 19.9. The lowest BCUT2D eigenvalue weighted by atomic mass is 10.0. The third kappa shape index (κ3) is 2.50. The summed E-state index contributed by atoms with van der Waals surface area (Å²) in [5.74, 6) is -1.05. The van der Waals surface area contributed by atoms with Crippen LogP contribution in [0.15, 0.2) is 42.6 Å². The standard InChI is InChI=1S/C18H18N2O3/c1-10(2)11-3-5-13-15(19)9-20(16(13)7-11)12-4-6-14(18(22)23)17(21)8-12/h3-10,21H,19H2,1-2H3,(H,22,23). The van der Waals surface area contributed by atoms with Crippen LogP contribution in [0, 0.1) is 0 Å². The van der Waals surface area contributed by atoms with Gasteiger partial charge in [0.15, 0.2) is 0 Å². The van der Waals surface area contributed by atoms with Gasteiger partial charge in [-0.2, -0.15) is 0 Å². The van der Waals surface area contributed by atoms with Crippen molar-refractivity contribution in [1.29, 1.82) is 0 Å². The fraction of sp³-hybridized carbons (Fsp3) is 0.167. The SMILES string of the molecule is CC(C)c1ccc2c(N)cn(-c3ccc(C(=O)O)c(O)c3)c2c1. The highest BCUT2D eigenvalue weighted by Gasteiger charge is 2.13. The number of rotatable bonds is 3. The number of carboxylic acids is 1. The van der Waals surface area contributed by atoms with E-state index in [9.17, 15) is 9.90 Å². The molecule has 0 saturated carbocycles. The Bertz CT molecular complexity index is 910. The van der Waals surface area contributed by atoms with Gasteiger partial charge in [0.05, 0.1) is 11.2 Å². The Balaban J connectivity index is 2.21. The van der Waals surface area contributed by atoms with Gasteiger partial charge in [-0.3, -0.25) is 0 Å². The van der Waals surface area contributed by atoms with Gasteiger partial charge < -0.3 is 20.5 Å². The summed E-state index contributed by atoms with van der Waals surface area (Å²) in [4.78, 5) is 11.0. The van der Waals surface area contributed by atoms with Crippen LogP contribution in [-0.2, 0) is 0 Å². The Hall–Kier alpha value is -2.95. The summed E-state index contributed by atoms with van der Waals surface area (Å²) in [7, 11) is 0. The van der Waals surface area contributed by atoms with Crippen molar-refractivity contribution in [1.82, 2.24) is 4.57 Å². The molecule has 1 aromatic heterocycles. The quantitative estimate of drug-likeness (QED) is 0.687. The van der Waals surface area contributed by atoms with Crippen LogP contribution >= 0.6 is 0 Å². The summed E-state index contributed by atoms with van der Waals surface area (Å²) < 4.78 is 1.86. The molecule has 0 aliphatic heterocycles. The number of fused-ring (bicyclic) bond motifs is 1. The third-order valence-corrected chi connectivity index (χ3v) is 4.02. The summed E-state index contributed by atoms with van der Waals surface area (Å²) in [5.41, 5.74) is 9.36. The van der Waals surface area contributed by atoms with Crippen LogP contribution < -0.4 is 5.73 Å². The summed E-state index contributed by atoms with van der Waals surface area (Å²) >= 11 is 0. The van der Waals surface area contributed by atoms with Gasteiger partial charge in [-0.15, -0.1) is 0 Å². The van der Waals surface area contributed by atoms with Crippen molar-refractivity contribution >= 4 is 22.6 Å². The van der Waals surface area contributed by atoms with E-state index in [0.717, 1.165) is 10.9 Å². The summed E-state index contributed by atoms with van der Waals surface area (Å²) in [6.07, 6.45) is 1.78. The second-order valence-corrected chi connectivity index (χ2v) is 5.89. The number of aromatic nitrogens is 1. The van der Waals surface area contributed by atoms with Crippen LogP contribution in [0.3, 0.4) is 0 Å². The van der Waals surface area contributed by atoms with Crippen molar-refractivity contribution < 1.29 is 15.0 Å². The normalized spacial score (nSPS) is 11.3. The average Bonchev–Trinajstić information content (AvgIpc) is 2.83. The maximum absolute atomic E-state index is 11.0. The van der Waals surface area contributed by atoms with Crippen molar-refractivity contribution in [3.63, 3.8) is 0 Å². The maximum Gasteiger partial charge on any atom is 0.339 e. The molecule has 0 spiro atoms. The van der Waals surface area contributed by atoms with E-state index in [1.54, 1.807) is 12.3 Å². The highest BCUT2D eigenvalue weighted by molar-refractivity contribution is 5.94. The van der Waals surface area contributed by atoms with Gasteiger partial charge in [0.2, 0.25) is 0 Å². The molecule has 0 saturated heterocycles. The minimum atomic E-state index is -1.16. The molecule has 118 valence electrons. The smallest absolute Gasteiger partial charge is 0.339 e. The molecule has 0 unspecified atom stereocenters. The van der Waals surface area contributed by atoms with Crippen LogP contribution in [0.25, 0.3) is 16.6 Å². The second-order valence-electron chi connectivity index (χ2n) is 5.89. The van der Waals surface area contributed by atoms with Crippen LogP contribution in [0.4, 0.5) is 5.69 Å². The Morgan fingerprint density at radius 1 is 1.17 bits per heavy atom. The van der Waals surface area contributed by atoms with Crippen molar-refractivity contribution in [3.8, 4) is 11.4 Å². The number of carboxylic acid groups (broad SMARTS) is 1. The van der Waals surface area contributed by atoms with E-state index >= 15 is 0 Å². The van der Waals surface area contributed by atoms with E-state index in [0.29, 0.717) is 17.3 Å². The lowest BCUT2D eigenvalue weighted by molar-refractivity contribution is 0.0694. The zero-order valence-electron chi connectivity index (χ0n) is 12.9. The first kappa shape index (κ1) is 15.0. The number of benzene rings is 2. The van der Waals surface area contributed by atoms with E-state index in [-0.39, 0.29) is 11.3 Å². The third-order valence-electron chi connectivity index (χ3n) is 4.02. The van der Waals surface area contributed by atoms with Gasteiger partial charge in [0, 0.05) is 23.3 Å². The van der Waals surface area contributed by atoms with Crippen LogP contribution in [0.2, 0.25) is 0 Å². The van der Waals surface area contributed by atoms with Gasteiger partial charge in [-0.1, -0.05) is 26.0 Å².